The second kappa shape index (κ2) is 6.88. The molecule has 0 bridgehead atoms. The summed E-state index contributed by atoms with van der Waals surface area (Å²) < 4.78 is 0. The Kier molecular flexibility index (Phi) is 4.93. The van der Waals surface area contributed by atoms with Crippen LogP contribution in [-0.4, -0.2) is 25.0 Å². The predicted octanol–water partition coefficient (Wildman–Crippen LogP) is 2.31. The molecule has 1 aromatic heterocycles. The number of anilines is 1. The number of pyridine rings is 1. The van der Waals surface area contributed by atoms with Crippen LogP contribution >= 0.6 is 0 Å². The summed E-state index contributed by atoms with van der Waals surface area (Å²) in [6, 6.07) is 11.9. The van der Waals surface area contributed by atoms with E-state index >= 15 is 0 Å². The number of aromatic nitrogens is 1. The van der Waals surface area contributed by atoms with Gasteiger partial charge in [-0.15, -0.1) is 0 Å². The molecule has 0 aliphatic rings. The van der Waals surface area contributed by atoms with Crippen LogP contribution in [0.5, 0.6) is 0 Å². The summed E-state index contributed by atoms with van der Waals surface area (Å²) in [7, 11) is 3.90. The van der Waals surface area contributed by atoms with Crippen molar-refractivity contribution >= 4 is 11.7 Å². The molecule has 0 radical (unpaired) electrons. The van der Waals surface area contributed by atoms with E-state index in [-0.39, 0.29) is 5.91 Å². The second-order valence-corrected chi connectivity index (χ2v) is 5.36. The first-order valence-corrected chi connectivity index (χ1v) is 6.99. The third-order valence-corrected chi connectivity index (χ3v) is 3.24. The molecule has 0 saturated heterocycles. The van der Waals surface area contributed by atoms with E-state index in [0.29, 0.717) is 13.0 Å². The van der Waals surface area contributed by atoms with Gasteiger partial charge >= 0.3 is 0 Å². The van der Waals surface area contributed by atoms with Crippen LogP contribution < -0.4 is 10.2 Å². The number of benzene rings is 1. The molecule has 2 rings (SSSR count). The maximum atomic E-state index is 11.9. The molecule has 110 valence electrons. The van der Waals surface area contributed by atoms with Crippen LogP contribution in [0.4, 0.5) is 5.82 Å². The van der Waals surface area contributed by atoms with Crippen LogP contribution in [-0.2, 0) is 17.8 Å². The summed E-state index contributed by atoms with van der Waals surface area (Å²) in [5, 5.41) is 2.92. The quantitative estimate of drug-likeness (QED) is 0.916. The maximum Gasteiger partial charge on any atom is 0.224 e. The Labute approximate surface area is 125 Å². The summed E-state index contributed by atoms with van der Waals surface area (Å²) in [6.45, 7) is 2.54. The normalized spacial score (nSPS) is 10.2. The minimum atomic E-state index is 0.0236. The van der Waals surface area contributed by atoms with E-state index in [4.69, 9.17) is 0 Å². The Balaban J connectivity index is 1.84. The van der Waals surface area contributed by atoms with Crippen molar-refractivity contribution in [3.63, 3.8) is 0 Å². The highest BCUT2D eigenvalue weighted by molar-refractivity contribution is 5.78. The minimum absolute atomic E-state index is 0.0236. The number of carbonyl (C=O) groups is 1. The Morgan fingerprint density at radius 1 is 1.10 bits per heavy atom. The van der Waals surface area contributed by atoms with Gasteiger partial charge in [-0.05, 0) is 24.1 Å². The summed E-state index contributed by atoms with van der Waals surface area (Å²) in [5.41, 5.74) is 3.23. The third-order valence-electron chi connectivity index (χ3n) is 3.24. The van der Waals surface area contributed by atoms with Crippen LogP contribution in [0.1, 0.15) is 16.7 Å². The van der Waals surface area contributed by atoms with Gasteiger partial charge in [0.15, 0.2) is 0 Å². The maximum absolute atomic E-state index is 11.9. The van der Waals surface area contributed by atoms with Crippen LogP contribution in [0.3, 0.4) is 0 Å². The molecular weight excluding hydrogens is 262 g/mol. The van der Waals surface area contributed by atoms with E-state index in [9.17, 15) is 4.79 Å². The van der Waals surface area contributed by atoms with Gasteiger partial charge in [0.2, 0.25) is 5.91 Å². The van der Waals surface area contributed by atoms with E-state index in [0.717, 1.165) is 16.9 Å². The van der Waals surface area contributed by atoms with Crippen molar-refractivity contribution in [2.45, 2.75) is 19.9 Å². The van der Waals surface area contributed by atoms with Crippen LogP contribution in [0.2, 0.25) is 0 Å². The molecule has 0 saturated carbocycles. The van der Waals surface area contributed by atoms with Crippen molar-refractivity contribution < 1.29 is 4.79 Å². The molecule has 0 atom stereocenters. The van der Waals surface area contributed by atoms with Crippen molar-refractivity contribution in [1.82, 2.24) is 10.3 Å². The lowest BCUT2D eigenvalue weighted by Crippen LogP contribution is -2.24. The van der Waals surface area contributed by atoms with Gasteiger partial charge in [0, 0.05) is 26.8 Å². The highest BCUT2D eigenvalue weighted by Crippen LogP contribution is 2.08. The number of aryl methyl sites for hydroxylation is 1. The number of carbonyl (C=O) groups excluding carboxylic acids is 1. The summed E-state index contributed by atoms with van der Waals surface area (Å²) in [4.78, 5) is 18.2. The van der Waals surface area contributed by atoms with Crippen molar-refractivity contribution in [1.29, 1.82) is 0 Å². The largest absolute Gasteiger partial charge is 0.363 e. The second-order valence-electron chi connectivity index (χ2n) is 5.36. The topological polar surface area (TPSA) is 45.2 Å². The molecule has 0 fully saturated rings. The van der Waals surface area contributed by atoms with Crippen molar-refractivity contribution in [2.75, 3.05) is 19.0 Å². The standard InChI is InChI=1S/C17H21N3O/c1-13-4-6-14(7-5-13)10-17(21)19-12-15-8-9-16(18-11-15)20(2)3/h4-9,11H,10,12H2,1-3H3,(H,19,21). The summed E-state index contributed by atoms with van der Waals surface area (Å²) in [6.07, 6.45) is 2.20. The highest BCUT2D eigenvalue weighted by atomic mass is 16.1. The lowest BCUT2D eigenvalue weighted by Gasteiger charge is -2.11. The first kappa shape index (κ1) is 15.0. The molecule has 0 aliphatic heterocycles. The average Bonchev–Trinajstić information content (AvgIpc) is 2.48. The zero-order valence-electron chi connectivity index (χ0n) is 12.8. The smallest absolute Gasteiger partial charge is 0.224 e. The van der Waals surface area contributed by atoms with E-state index in [2.05, 4.69) is 10.3 Å². The monoisotopic (exact) mass is 283 g/mol. The molecule has 1 aromatic carbocycles. The number of nitrogens with one attached hydrogen (secondary N) is 1. The Morgan fingerprint density at radius 3 is 2.33 bits per heavy atom. The molecule has 0 unspecified atom stereocenters. The van der Waals surface area contributed by atoms with Crippen molar-refractivity contribution in [2.24, 2.45) is 0 Å². The van der Waals surface area contributed by atoms with Crippen LogP contribution in [0, 0.1) is 6.92 Å². The van der Waals surface area contributed by atoms with E-state index in [1.807, 2.05) is 62.3 Å². The van der Waals surface area contributed by atoms with Crippen molar-refractivity contribution in [3.05, 3.63) is 59.3 Å². The van der Waals surface area contributed by atoms with E-state index < -0.39 is 0 Å². The lowest BCUT2D eigenvalue weighted by atomic mass is 10.1. The Morgan fingerprint density at radius 2 is 1.76 bits per heavy atom. The number of amides is 1. The lowest BCUT2D eigenvalue weighted by molar-refractivity contribution is -0.120. The zero-order valence-corrected chi connectivity index (χ0v) is 12.8. The van der Waals surface area contributed by atoms with Gasteiger partial charge in [0.25, 0.3) is 0 Å². The SMILES string of the molecule is Cc1ccc(CC(=O)NCc2ccc(N(C)C)nc2)cc1. The average molecular weight is 283 g/mol. The van der Waals surface area contributed by atoms with Gasteiger partial charge in [-0.1, -0.05) is 35.9 Å². The Bertz CT molecular complexity index is 588. The zero-order chi connectivity index (χ0) is 15.2. The van der Waals surface area contributed by atoms with Crippen LogP contribution in [0.15, 0.2) is 42.6 Å². The fourth-order valence-electron chi connectivity index (χ4n) is 1.94. The van der Waals surface area contributed by atoms with Gasteiger partial charge in [0.05, 0.1) is 6.42 Å². The highest BCUT2D eigenvalue weighted by Gasteiger charge is 2.04. The molecule has 2 aromatic rings. The first-order valence-electron chi connectivity index (χ1n) is 6.99. The molecule has 4 nitrogen and oxygen atoms in total. The van der Waals surface area contributed by atoms with Gasteiger partial charge in [-0.2, -0.15) is 0 Å². The van der Waals surface area contributed by atoms with Gasteiger partial charge in [0.1, 0.15) is 5.82 Å². The minimum Gasteiger partial charge on any atom is -0.363 e. The Hall–Kier alpha value is -2.36. The number of rotatable bonds is 5. The van der Waals surface area contributed by atoms with Gasteiger partial charge in [-0.3, -0.25) is 4.79 Å². The molecular formula is C17H21N3O. The number of hydrogen-bond donors (Lipinski definition) is 1. The fourth-order valence-corrected chi connectivity index (χ4v) is 1.94. The molecule has 1 heterocycles. The third kappa shape index (κ3) is 4.60. The molecule has 21 heavy (non-hydrogen) atoms. The molecule has 0 aliphatic carbocycles. The van der Waals surface area contributed by atoms with E-state index in [1.54, 1.807) is 6.20 Å². The van der Waals surface area contributed by atoms with Crippen molar-refractivity contribution in [3.8, 4) is 0 Å². The summed E-state index contributed by atoms with van der Waals surface area (Å²) >= 11 is 0. The molecule has 1 N–H and O–H groups in total. The molecule has 0 spiro atoms. The summed E-state index contributed by atoms with van der Waals surface area (Å²) in [5.74, 6) is 0.931. The van der Waals surface area contributed by atoms with Crippen LogP contribution in [0.25, 0.3) is 0 Å². The first-order chi connectivity index (χ1) is 10.0. The number of hydrogen-bond acceptors (Lipinski definition) is 3. The fraction of sp³-hybridized carbons (Fsp3) is 0.294. The van der Waals surface area contributed by atoms with Gasteiger partial charge in [-0.25, -0.2) is 4.98 Å². The van der Waals surface area contributed by atoms with E-state index in [1.165, 1.54) is 5.56 Å². The molecule has 4 heteroatoms. The molecule has 1 amide bonds. The predicted molar refractivity (Wildman–Crippen MR) is 85.3 cm³/mol. The van der Waals surface area contributed by atoms with Gasteiger partial charge < -0.3 is 10.2 Å². The number of nitrogens with zero attached hydrogens (tertiary/aromatic N) is 2.